The maximum Gasteiger partial charge on any atom is 0.147 e. The summed E-state index contributed by atoms with van der Waals surface area (Å²) < 4.78 is 22.0. The van der Waals surface area contributed by atoms with E-state index in [1.54, 1.807) is 0 Å². The van der Waals surface area contributed by atoms with Crippen molar-refractivity contribution >= 4 is 9.84 Å². The molecule has 0 saturated heterocycles. The summed E-state index contributed by atoms with van der Waals surface area (Å²) in [5.41, 5.74) is -0.614. The van der Waals surface area contributed by atoms with Crippen LogP contribution in [0.1, 0.15) is 46.0 Å². The Hall–Kier alpha value is -0.0900. The molecular formula is C12H24O3S. The van der Waals surface area contributed by atoms with Gasteiger partial charge in [-0.2, -0.15) is 0 Å². The van der Waals surface area contributed by atoms with Gasteiger partial charge in [0.15, 0.2) is 0 Å². The SMILES string of the molecule is CC1CCC(O)(CCCS(C)(=O)=O)CC1C. The van der Waals surface area contributed by atoms with Gasteiger partial charge in [0.2, 0.25) is 0 Å². The second-order valence-electron chi connectivity index (χ2n) is 5.66. The van der Waals surface area contributed by atoms with Crippen molar-refractivity contribution < 1.29 is 13.5 Å². The first-order valence-corrected chi connectivity index (χ1v) is 8.18. The first kappa shape index (κ1) is 14.0. The molecule has 0 aromatic carbocycles. The van der Waals surface area contributed by atoms with E-state index in [1.807, 2.05) is 0 Å². The number of hydrogen-bond donors (Lipinski definition) is 1. The van der Waals surface area contributed by atoms with Gasteiger partial charge in [-0.15, -0.1) is 0 Å². The molecule has 1 rings (SSSR count). The van der Waals surface area contributed by atoms with Crippen LogP contribution in [0, 0.1) is 11.8 Å². The average molecular weight is 248 g/mol. The second kappa shape index (κ2) is 5.05. The summed E-state index contributed by atoms with van der Waals surface area (Å²) >= 11 is 0. The van der Waals surface area contributed by atoms with Gasteiger partial charge in [0, 0.05) is 12.0 Å². The van der Waals surface area contributed by atoms with E-state index in [-0.39, 0.29) is 5.75 Å². The highest BCUT2D eigenvalue weighted by molar-refractivity contribution is 7.90. The van der Waals surface area contributed by atoms with E-state index in [2.05, 4.69) is 13.8 Å². The van der Waals surface area contributed by atoms with Gasteiger partial charge < -0.3 is 5.11 Å². The van der Waals surface area contributed by atoms with E-state index in [0.29, 0.717) is 24.7 Å². The highest BCUT2D eigenvalue weighted by Crippen LogP contribution is 2.38. The van der Waals surface area contributed by atoms with Crippen molar-refractivity contribution in [1.82, 2.24) is 0 Å². The lowest BCUT2D eigenvalue weighted by Gasteiger charge is -2.39. The summed E-state index contributed by atoms with van der Waals surface area (Å²) in [4.78, 5) is 0. The molecule has 0 amide bonds. The Morgan fingerprint density at radius 1 is 1.31 bits per heavy atom. The molecule has 0 heterocycles. The molecule has 16 heavy (non-hydrogen) atoms. The van der Waals surface area contributed by atoms with Crippen LogP contribution >= 0.6 is 0 Å². The van der Waals surface area contributed by atoms with Crippen LogP contribution in [-0.4, -0.2) is 31.1 Å². The molecule has 1 aliphatic carbocycles. The first-order valence-electron chi connectivity index (χ1n) is 6.12. The topological polar surface area (TPSA) is 54.4 Å². The van der Waals surface area contributed by atoms with E-state index < -0.39 is 15.4 Å². The molecule has 0 bridgehead atoms. The molecule has 3 unspecified atom stereocenters. The fraction of sp³-hybridized carbons (Fsp3) is 1.00. The Kier molecular flexibility index (Phi) is 4.41. The lowest BCUT2D eigenvalue weighted by atomic mass is 9.71. The Bertz CT molecular complexity index is 323. The second-order valence-corrected chi connectivity index (χ2v) is 7.91. The van der Waals surface area contributed by atoms with Crippen molar-refractivity contribution in [3.05, 3.63) is 0 Å². The monoisotopic (exact) mass is 248 g/mol. The predicted molar refractivity (Wildman–Crippen MR) is 66.1 cm³/mol. The van der Waals surface area contributed by atoms with Crippen LogP contribution in [0.3, 0.4) is 0 Å². The van der Waals surface area contributed by atoms with Gasteiger partial charge in [-0.25, -0.2) is 8.42 Å². The highest BCUT2D eigenvalue weighted by atomic mass is 32.2. The van der Waals surface area contributed by atoms with Gasteiger partial charge in [0.25, 0.3) is 0 Å². The minimum atomic E-state index is -2.89. The standard InChI is InChI=1S/C12H24O3S/c1-10-5-7-12(13,9-11(10)2)6-4-8-16(3,14)15/h10-11,13H,4-9H2,1-3H3. The van der Waals surface area contributed by atoms with Crippen LogP contribution in [0.2, 0.25) is 0 Å². The molecule has 4 heteroatoms. The quantitative estimate of drug-likeness (QED) is 0.828. The molecule has 1 fully saturated rings. The number of rotatable bonds is 4. The molecule has 96 valence electrons. The van der Waals surface area contributed by atoms with Crippen LogP contribution in [0.25, 0.3) is 0 Å². The third-order valence-electron chi connectivity index (χ3n) is 3.90. The summed E-state index contributed by atoms with van der Waals surface area (Å²) in [6.07, 6.45) is 5.15. The summed E-state index contributed by atoms with van der Waals surface area (Å²) in [7, 11) is -2.89. The van der Waals surface area contributed by atoms with E-state index in [1.165, 1.54) is 6.26 Å². The van der Waals surface area contributed by atoms with Crippen LogP contribution in [-0.2, 0) is 9.84 Å². The number of sulfone groups is 1. The zero-order valence-corrected chi connectivity index (χ0v) is 11.4. The Labute approximate surface area is 99.2 Å². The Balaban J connectivity index is 2.41. The van der Waals surface area contributed by atoms with E-state index in [4.69, 9.17) is 0 Å². The van der Waals surface area contributed by atoms with Gasteiger partial charge in [0.1, 0.15) is 9.84 Å². The maximum atomic E-state index is 11.0. The Morgan fingerprint density at radius 3 is 2.44 bits per heavy atom. The zero-order valence-electron chi connectivity index (χ0n) is 10.6. The maximum absolute atomic E-state index is 11.0. The smallest absolute Gasteiger partial charge is 0.147 e. The van der Waals surface area contributed by atoms with Crippen molar-refractivity contribution in [3.63, 3.8) is 0 Å². The van der Waals surface area contributed by atoms with Gasteiger partial charge in [-0.3, -0.25) is 0 Å². The normalized spacial score (nSPS) is 36.2. The molecule has 3 atom stereocenters. The highest BCUT2D eigenvalue weighted by Gasteiger charge is 2.35. The Morgan fingerprint density at radius 2 is 1.94 bits per heavy atom. The third-order valence-corrected chi connectivity index (χ3v) is 4.93. The van der Waals surface area contributed by atoms with E-state index in [9.17, 15) is 13.5 Å². The number of aliphatic hydroxyl groups is 1. The minimum Gasteiger partial charge on any atom is -0.390 e. The fourth-order valence-electron chi connectivity index (χ4n) is 2.57. The molecule has 0 aromatic heterocycles. The summed E-state index contributed by atoms with van der Waals surface area (Å²) in [5, 5.41) is 10.4. The zero-order chi connectivity index (χ0) is 12.4. The van der Waals surface area contributed by atoms with Gasteiger partial charge in [-0.05, 0) is 43.9 Å². The van der Waals surface area contributed by atoms with Crippen LogP contribution in [0.4, 0.5) is 0 Å². The molecular weight excluding hydrogens is 224 g/mol. The lowest BCUT2D eigenvalue weighted by molar-refractivity contribution is -0.0352. The lowest BCUT2D eigenvalue weighted by Crippen LogP contribution is -2.37. The first-order chi connectivity index (χ1) is 7.22. The van der Waals surface area contributed by atoms with E-state index >= 15 is 0 Å². The third kappa shape index (κ3) is 4.42. The molecule has 0 spiro atoms. The number of hydrogen-bond acceptors (Lipinski definition) is 3. The molecule has 3 nitrogen and oxygen atoms in total. The van der Waals surface area contributed by atoms with Crippen molar-refractivity contribution in [3.8, 4) is 0 Å². The predicted octanol–water partition coefficient (Wildman–Crippen LogP) is 2.00. The molecule has 1 aliphatic rings. The van der Waals surface area contributed by atoms with Crippen molar-refractivity contribution in [2.45, 2.75) is 51.6 Å². The van der Waals surface area contributed by atoms with Crippen molar-refractivity contribution in [2.75, 3.05) is 12.0 Å². The van der Waals surface area contributed by atoms with Crippen molar-refractivity contribution in [1.29, 1.82) is 0 Å². The summed E-state index contributed by atoms with van der Waals surface area (Å²) in [6, 6.07) is 0. The van der Waals surface area contributed by atoms with Gasteiger partial charge >= 0.3 is 0 Å². The fourth-order valence-corrected chi connectivity index (χ4v) is 3.24. The molecule has 1 N–H and O–H groups in total. The molecule has 0 aliphatic heterocycles. The van der Waals surface area contributed by atoms with E-state index in [0.717, 1.165) is 19.3 Å². The van der Waals surface area contributed by atoms with Crippen LogP contribution in [0.5, 0.6) is 0 Å². The summed E-state index contributed by atoms with van der Waals surface area (Å²) in [5.74, 6) is 1.41. The average Bonchev–Trinajstić information content (AvgIpc) is 2.10. The molecule has 0 radical (unpaired) electrons. The van der Waals surface area contributed by atoms with Crippen LogP contribution in [0.15, 0.2) is 0 Å². The van der Waals surface area contributed by atoms with Crippen molar-refractivity contribution in [2.24, 2.45) is 11.8 Å². The molecule has 1 saturated carbocycles. The van der Waals surface area contributed by atoms with Gasteiger partial charge in [0.05, 0.1) is 5.60 Å². The largest absolute Gasteiger partial charge is 0.390 e. The van der Waals surface area contributed by atoms with Gasteiger partial charge in [-0.1, -0.05) is 13.8 Å². The minimum absolute atomic E-state index is 0.194. The van der Waals surface area contributed by atoms with Crippen LogP contribution < -0.4 is 0 Å². The molecule has 0 aromatic rings. The summed E-state index contributed by atoms with van der Waals surface area (Å²) in [6.45, 7) is 4.39.